The van der Waals surface area contributed by atoms with Gasteiger partial charge in [-0.05, 0) is 75.8 Å². The van der Waals surface area contributed by atoms with E-state index in [0.29, 0.717) is 30.3 Å². The largest absolute Gasteiger partial charge is 0.356 e. The van der Waals surface area contributed by atoms with Gasteiger partial charge in [0, 0.05) is 63.1 Å². The van der Waals surface area contributed by atoms with Crippen molar-refractivity contribution in [1.29, 1.82) is 5.26 Å². The van der Waals surface area contributed by atoms with Gasteiger partial charge < -0.3 is 15.1 Å². The highest BCUT2D eigenvalue weighted by molar-refractivity contribution is 5.94. The first-order valence-corrected chi connectivity index (χ1v) is 13.8. The molecule has 0 bridgehead atoms. The number of aromatic nitrogens is 3. The number of likely N-dealkylation sites (tertiary alicyclic amines) is 1. The molecule has 2 saturated heterocycles. The maximum Gasteiger partial charge on any atom is 0.274 e. The SMILES string of the molecule is CC(=O)NC1CCN(C(=O)c2nn(CCC3CCN(c4ncccc4C#N)CC3)c3c2CCCC3)CC1. The molecule has 9 heteroatoms. The van der Waals surface area contributed by atoms with Gasteiger partial charge in [0.2, 0.25) is 5.91 Å². The van der Waals surface area contributed by atoms with Crippen LogP contribution in [-0.2, 0) is 24.2 Å². The topological polar surface area (TPSA) is 107 Å². The average molecular weight is 504 g/mol. The van der Waals surface area contributed by atoms with Crippen LogP contribution in [0.1, 0.15) is 79.2 Å². The zero-order valence-electron chi connectivity index (χ0n) is 21.8. The van der Waals surface area contributed by atoms with Crippen molar-refractivity contribution in [2.45, 2.75) is 77.3 Å². The van der Waals surface area contributed by atoms with E-state index in [2.05, 4.69) is 26.0 Å². The summed E-state index contributed by atoms with van der Waals surface area (Å²) < 4.78 is 2.13. The Kier molecular flexibility index (Phi) is 7.73. The Hall–Kier alpha value is -3.41. The van der Waals surface area contributed by atoms with Crippen molar-refractivity contribution < 1.29 is 9.59 Å². The van der Waals surface area contributed by atoms with Crippen LogP contribution in [0.15, 0.2) is 18.3 Å². The lowest BCUT2D eigenvalue weighted by Crippen LogP contribution is -2.46. The normalized spacial score (nSPS) is 18.8. The van der Waals surface area contributed by atoms with Gasteiger partial charge in [-0.15, -0.1) is 0 Å². The fourth-order valence-corrected chi connectivity index (χ4v) is 6.17. The lowest BCUT2D eigenvalue weighted by atomic mass is 9.92. The van der Waals surface area contributed by atoms with Gasteiger partial charge in [-0.25, -0.2) is 4.98 Å². The summed E-state index contributed by atoms with van der Waals surface area (Å²) in [5.41, 5.74) is 3.71. The van der Waals surface area contributed by atoms with E-state index in [1.165, 1.54) is 5.69 Å². The standard InChI is InChI=1S/C28H37N7O2/c1-20(36)31-23-11-16-34(17-12-23)28(37)26-24-6-2-3-7-25(24)35(32-26)18-10-21-8-14-33(15-9-21)27-22(19-29)5-4-13-30-27/h4-5,13,21,23H,2-3,6-12,14-18H2,1H3,(H,31,36). The highest BCUT2D eigenvalue weighted by Crippen LogP contribution is 2.29. The second kappa shape index (κ2) is 11.3. The molecule has 0 unspecified atom stereocenters. The van der Waals surface area contributed by atoms with Crippen LogP contribution < -0.4 is 10.2 Å². The molecule has 1 aliphatic carbocycles. The molecule has 0 atom stereocenters. The molecule has 0 spiro atoms. The van der Waals surface area contributed by atoms with Crippen LogP contribution in [0.2, 0.25) is 0 Å². The van der Waals surface area contributed by atoms with Crippen molar-refractivity contribution in [2.75, 3.05) is 31.1 Å². The van der Waals surface area contributed by atoms with Gasteiger partial charge in [-0.1, -0.05) is 0 Å². The van der Waals surface area contributed by atoms with Crippen LogP contribution in [0.3, 0.4) is 0 Å². The predicted molar refractivity (Wildman–Crippen MR) is 140 cm³/mol. The maximum absolute atomic E-state index is 13.5. The van der Waals surface area contributed by atoms with Crippen LogP contribution in [0.5, 0.6) is 0 Å². The van der Waals surface area contributed by atoms with Crippen LogP contribution >= 0.6 is 0 Å². The smallest absolute Gasteiger partial charge is 0.274 e. The summed E-state index contributed by atoms with van der Waals surface area (Å²) in [4.78, 5) is 33.4. The number of pyridine rings is 1. The van der Waals surface area contributed by atoms with Gasteiger partial charge in [0.25, 0.3) is 5.91 Å². The summed E-state index contributed by atoms with van der Waals surface area (Å²) in [6.07, 6.45) is 10.7. The molecule has 0 aromatic carbocycles. The van der Waals surface area contributed by atoms with Crippen molar-refractivity contribution in [1.82, 2.24) is 25.0 Å². The molecule has 5 rings (SSSR count). The third kappa shape index (κ3) is 5.63. The summed E-state index contributed by atoms with van der Waals surface area (Å²) in [5.74, 6) is 1.44. The van der Waals surface area contributed by atoms with Crippen molar-refractivity contribution in [3.05, 3.63) is 40.8 Å². The Labute approximate surface area is 218 Å². The maximum atomic E-state index is 13.5. The third-order valence-corrected chi connectivity index (χ3v) is 8.22. The van der Waals surface area contributed by atoms with Crippen molar-refractivity contribution in [3.63, 3.8) is 0 Å². The highest BCUT2D eigenvalue weighted by Gasteiger charge is 2.31. The van der Waals surface area contributed by atoms with Crippen molar-refractivity contribution in [3.8, 4) is 6.07 Å². The van der Waals surface area contributed by atoms with Crippen molar-refractivity contribution >= 4 is 17.6 Å². The van der Waals surface area contributed by atoms with E-state index in [9.17, 15) is 14.9 Å². The number of carbonyl (C=O) groups is 2. The number of anilines is 1. The summed E-state index contributed by atoms with van der Waals surface area (Å²) >= 11 is 0. The second-order valence-electron chi connectivity index (χ2n) is 10.7. The first kappa shape index (κ1) is 25.2. The molecule has 2 aromatic heterocycles. The van der Waals surface area contributed by atoms with Gasteiger partial charge in [-0.3, -0.25) is 14.3 Å². The molecule has 9 nitrogen and oxygen atoms in total. The summed E-state index contributed by atoms with van der Waals surface area (Å²) in [7, 11) is 0. The van der Waals surface area contributed by atoms with E-state index in [4.69, 9.17) is 5.10 Å². The highest BCUT2D eigenvalue weighted by atomic mass is 16.2. The zero-order valence-corrected chi connectivity index (χ0v) is 21.8. The average Bonchev–Trinajstić information content (AvgIpc) is 3.30. The number of amides is 2. The van der Waals surface area contributed by atoms with E-state index in [-0.39, 0.29) is 17.9 Å². The minimum atomic E-state index is -0.00749. The van der Waals surface area contributed by atoms with E-state index in [0.717, 1.165) is 88.8 Å². The molecular weight excluding hydrogens is 466 g/mol. The Bertz CT molecular complexity index is 1170. The number of aryl methyl sites for hydroxylation is 1. The number of hydrogen-bond acceptors (Lipinski definition) is 6. The molecule has 2 aliphatic heterocycles. The number of nitrogens with one attached hydrogen (secondary N) is 1. The molecule has 2 fully saturated rings. The Morgan fingerprint density at radius 3 is 2.59 bits per heavy atom. The number of nitrogens with zero attached hydrogens (tertiary/aromatic N) is 6. The van der Waals surface area contributed by atoms with E-state index in [1.54, 1.807) is 13.1 Å². The van der Waals surface area contributed by atoms with Gasteiger partial charge in [-0.2, -0.15) is 10.4 Å². The molecule has 2 amide bonds. The fraction of sp³-hybridized carbons (Fsp3) is 0.607. The molecule has 4 heterocycles. The van der Waals surface area contributed by atoms with E-state index < -0.39 is 0 Å². The number of carbonyl (C=O) groups excluding carboxylic acids is 2. The molecule has 3 aliphatic rings. The monoisotopic (exact) mass is 503 g/mol. The minimum Gasteiger partial charge on any atom is -0.356 e. The molecular formula is C28H37N7O2. The zero-order chi connectivity index (χ0) is 25.8. The molecule has 0 saturated carbocycles. The van der Waals surface area contributed by atoms with Crippen LogP contribution in [0, 0.1) is 17.2 Å². The lowest BCUT2D eigenvalue weighted by Gasteiger charge is -2.33. The Morgan fingerprint density at radius 2 is 1.86 bits per heavy atom. The van der Waals surface area contributed by atoms with Crippen LogP contribution in [-0.4, -0.2) is 63.7 Å². The molecule has 37 heavy (non-hydrogen) atoms. The predicted octanol–water partition coefficient (Wildman–Crippen LogP) is 3.08. The summed E-state index contributed by atoms with van der Waals surface area (Å²) in [5, 5.41) is 17.3. The van der Waals surface area contributed by atoms with E-state index in [1.807, 2.05) is 17.0 Å². The number of hydrogen-bond donors (Lipinski definition) is 1. The molecule has 1 N–H and O–H groups in total. The van der Waals surface area contributed by atoms with Crippen LogP contribution in [0.4, 0.5) is 5.82 Å². The minimum absolute atomic E-state index is 0.00749. The van der Waals surface area contributed by atoms with E-state index >= 15 is 0 Å². The first-order chi connectivity index (χ1) is 18.0. The number of fused-ring (bicyclic) bond motifs is 1. The number of piperidine rings is 2. The van der Waals surface area contributed by atoms with Crippen molar-refractivity contribution in [2.24, 2.45) is 5.92 Å². The lowest BCUT2D eigenvalue weighted by molar-refractivity contribution is -0.119. The van der Waals surface area contributed by atoms with Gasteiger partial charge in [0.1, 0.15) is 11.9 Å². The third-order valence-electron chi connectivity index (χ3n) is 8.22. The summed E-state index contributed by atoms with van der Waals surface area (Å²) in [6.45, 7) is 5.53. The van der Waals surface area contributed by atoms with Gasteiger partial charge in [0.05, 0.1) is 5.56 Å². The molecule has 196 valence electrons. The molecule has 2 aromatic rings. The number of nitriles is 1. The molecule has 0 radical (unpaired) electrons. The second-order valence-corrected chi connectivity index (χ2v) is 10.7. The van der Waals surface area contributed by atoms with Gasteiger partial charge >= 0.3 is 0 Å². The van der Waals surface area contributed by atoms with Crippen LogP contribution in [0.25, 0.3) is 0 Å². The van der Waals surface area contributed by atoms with Gasteiger partial charge in [0.15, 0.2) is 5.69 Å². The Balaban J connectivity index is 1.20. The number of rotatable bonds is 6. The fourth-order valence-electron chi connectivity index (χ4n) is 6.17. The first-order valence-electron chi connectivity index (χ1n) is 13.8. The quantitative estimate of drug-likeness (QED) is 0.649. The Morgan fingerprint density at radius 1 is 1.11 bits per heavy atom. The summed E-state index contributed by atoms with van der Waals surface area (Å²) in [6, 6.07) is 6.06.